The molecule has 32 heavy (non-hydrogen) atoms. The second kappa shape index (κ2) is 7.46. The highest BCUT2D eigenvalue weighted by Crippen LogP contribution is 2.66. The third kappa shape index (κ3) is 3.60. The van der Waals surface area contributed by atoms with Gasteiger partial charge >= 0.3 is 6.18 Å². The minimum Gasteiger partial charge on any atom is -0.321 e. The second-order valence-electron chi connectivity index (χ2n) is 9.19. The summed E-state index contributed by atoms with van der Waals surface area (Å²) >= 11 is 1.44. The van der Waals surface area contributed by atoms with E-state index in [1.807, 2.05) is 12.3 Å². The molecular weight excluding hydrogens is 449 g/mol. The number of alkyl halides is 5. The first-order valence-corrected chi connectivity index (χ1v) is 11.8. The van der Waals surface area contributed by atoms with E-state index in [0.29, 0.717) is 30.9 Å². The Balaban J connectivity index is 1.54. The maximum absolute atomic E-state index is 14.2. The van der Waals surface area contributed by atoms with Gasteiger partial charge in [-0.15, -0.1) is 11.8 Å². The number of carbonyl (C=O) groups is 1. The molecule has 0 aliphatic heterocycles. The molecule has 4 saturated carbocycles. The van der Waals surface area contributed by atoms with Crippen LogP contribution in [-0.2, 0) is 18.1 Å². The summed E-state index contributed by atoms with van der Waals surface area (Å²) in [7, 11) is 0. The molecule has 1 heterocycles. The van der Waals surface area contributed by atoms with Crippen molar-refractivity contribution in [1.82, 2.24) is 9.78 Å². The Bertz CT molecular complexity index is 1050. The topological polar surface area (TPSA) is 46.9 Å². The number of carbonyl (C=O) groups excluding carboxylic acids is 1. The molecule has 4 aliphatic rings. The Kier molecular flexibility index (Phi) is 5.07. The van der Waals surface area contributed by atoms with E-state index in [1.54, 1.807) is 18.2 Å². The predicted octanol–water partition coefficient (Wildman–Crippen LogP) is 5.83. The Morgan fingerprint density at radius 3 is 2.56 bits per heavy atom. The summed E-state index contributed by atoms with van der Waals surface area (Å²) in [6, 6.07) is 6.80. The summed E-state index contributed by atoms with van der Waals surface area (Å²) in [5.41, 5.74) is -1.95. The molecule has 2 bridgehead atoms. The Morgan fingerprint density at radius 1 is 1.31 bits per heavy atom. The van der Waals surface area contributed by atoms with Crippen LogP contribution in [0.5, 0.6) is 0 Å². The minimum atomic E-state index is -4.78. The average molecular weight is 471 g/mol. The first kappa shape index (κ1) is 21.7. The van der Waals surface area contributed by atoms with Crippen molar-refractivity contribution in [3.8, 4) is 0 Å². The molecule has 10 heteroatoms. The molecule has 4 fully saturated rings. The number of halogens is 5. The van der Waals surface area contributed by atoms with Crippen LogP contribution in [-0.4, -0.2) is 28.4 Å². The molecule has 2 atom stereocenters. The number of rotatable bonds is 7. The maximum Gasteiger partial charge on any atom is 0.420 e. The van der Waals surface area contributed by atoms with Crippen molar-refractivity contribution in [3.63, 3.8) is 0 Å². The highest BCUT2D eigenvalue weighted by molar-refractivity contribution is 7.98. The third-order valence-corrected chi connectivity index (χ3v) is 7.75. The van der Waals surface area contributed by atoms with Gasteiger partial charge in [-0.2, -0.15) is 18.3 Å². The van der Waals surface area contributed by atoms with Crippen molar-refractivity contribution in [3.05, 3.63) is 41.2 Å². The van der Waals surface area contributed by atoms with Crippen molar-refractivity contribution in [2.75, 3.05) is 11.6 Å². The van der Waals surface area contributed by atoms with Gasteiger partial charge in [0.25, 0.3) is 5.91 Å². The molecule has 172 valence electrons. The summed E-state index contributed by atoms with van der Waals surface area (Å²) < 4.78 is 69.9. The van der Waals surface area contributed by atoms with Crippen molar-refractivity contribution in [2.24, 2.45) is 17.8 Å². The zero-order valence-corrected chi connectivity index (χ0v) is 18.1. The van der Waals surface area contributed by atoms with E-state index in [2.05, 4.69) is 10.4 Å². The number of aromatic nitrogens is 2. The molecule has 4 nitrogen and oxygen atoms in total. The first-order valence-electron chi connectivity index (χ1n) is 10.5. The number of benzene rings is 1. The first-order chi connectivity index (χ1) is 15.1. The van der Waals surface area contributed by atoms with Crippen LogP contribution in [0.25, 0.3) is 0 Å². The van der Waals surface area contributed by atoms with Crippen molar-refractivity contribution in [2.45, 2.75) is 55.1 Å². The summed E-state index contributed by atoms with van der Waals surface area (Å²) in [4.78, 5) is 14.0. The number of anilines is 1. The predicted molar refractivity (Wildman–Crippen MR) is 110 cm³/mol. The van der Waals surface area contributed by atoms with Gasteiger partial charge in [-0.3, -0.25) is 9.48 Å². The van der Waals surface area contributed by atoms with Gasteiger partial charge in [-0.1, -0.05) is 6.07 Å². The molecule has 2 aromatic rings. The van der Waals surface area contributed by atoms with Gasteiger partial charge in [-0.05, 0) is 62.0 Å². The molecule has 0 radical (unpaired) electrons. The largest absolute Gasteiger partial charge is 0.420 e. The van der Waals surface area contributed by atoms with Gasteiger partial charge in [0, 0.05) is 28.5 Å². The monoisotopic (exact) mass is 471 g/mol. The number of hydrogen-bond donors (Lipinski definition) is 1. The van der Waals surface area contributed by atoms with Crippen molar-refractivity contribution >= 4 is 23.4 Å². The molecule has 0 saturated heterocycles. The Hall–Kier alpha value is -2.10. The van der Waals surface area contributed by atoms with Crippen LogP contribution in [0.3, 0.4) is 0 Å². The molecule has 1 aromatic heterocycles. The number of hydrogen-bond acceptors (Lipinski definition) is 3. The van der Waals surface area contributed by atoms with Gasteiger partial charge in [0.15, 0.2) is 0 Å². The minimum absolute atomic E-state index is 0.0928. The van der Waals surface area contributed by atoms with Gasteiger partial charge < -0.3 is 5.32 Å². The number of nitrogens with one attached hydrogen (secondary N) is 1. The van der Waals surface area contributed by atoms with Crippen LogP contribution in [0.4, 0.5) is 27.6 Å². The normalized spacial score (nSPS) is 28.3. The lowest BCUT2D eigenvalue weighted by atomic mass is 9.43. The molecule has 0 spiro atoms. The average Bonchev–Trinajstić information content (AvgIpc) is 3.31. The van der Waals surface area contributed by atoms with Crippen LogP contribution in [0.2, 0.25) is 0 Å². The number of thioether (sulfide) groups is 1. The van der Waals surface area contributed by atoms with Gasteiger partial charge in [0.2, 0.25) is 6.43 Å². The highest BCUT2D eigenvalue weighted by Gasteiger charge is 2.62. The third-order valence-electron chi connectivity index (χ3n) is 7.03. The smallest absolute Gasteiger partial charge is 0.321 e. The summed E-state index contributed by atoms with van der Waals surface area (Å²) in [6.45, 7) is -0.120. The lowest BCUT2D eigenvalue weighted by molar-refractivity contribution is -0.142. The van der Waals surface area contributed by atoms with Gasteiger partial charge in [0.05, 0.1) is 5.69 Å². The standard InChI is InChI=1S/C22H22F5N3OS/c1-32-14-4-2-3-13(6-14)28-20(31)17-16(22(25,26)27)18(21-7-11(8-21)9-21)29-30(17)10-12-5-15(12)19(23)24/h2-4,6,11-12,15,19H,5,7-10H2,1H3,(H,28,31)/t11?,12-,15+,21?/m0/s1. The summed E-state index contributed by atoms with van der Waals surface area (Å²) in [5.74, 6) is -1.85. The zero-order valence-electron chi connectivity index (χ0n) is 17.3. The van der Waals surface area contributed by atoms with E-state index in [9.17, 15) is 26.7 Å². The van der Waals surface area contributed by atoms with Crippen LogP contribution >= 0.6 is 11.8 Å². The highest BCUT2D eigenvalue weighted by atomic mass is 32.2. The quantitative estimate of drug-likeness (QED) is 0.408. The molecule has 0 unspecified atom stereocenters. The van der Waals surface area contributed by atoms with Crippen LogP contribution in [0.15, 0.2) is 29.2 Å². The van der Waals surface area contributed by atoms with Crippen LogP contribution in [0, 0.1) is 17.8 Å². The van der Waals surface area contributed by atoms with Crippen molar-refractivity contribution < 1.29 is 26.7 Å². The van der Waals surface area contributed by atoms with Gasteiger partial charge in [0.1, 0.15) is 11.3 Å². The molecular formula is C22H22F5N3OS. The molecule has 1 N–H and O–H groups in total. The fourth-order valence-corrected chi connectivity index (χ4v) is 5.60. The second-order valence-corrected chi connectivity index (χ2v) is 10.1. The maximum atomic E-state index is 14.2. The lowest BCUT2D eigenvalue weighted by Gasteiger charge is -2.61. The van der Waals surface area contributed by atoms with E-state index in [4.69, 9.17) is 0 Å². The van der Waals surface area contributed by atoms with Crippen LogP contribution in [0.1, 0.15) is 47.4 Å². The summed E-state index contributed by atoms with van der Waals surface area (Å²) in [5, 5.41) is 6.83. The number of amides is 1. The Labute approximate surface area is 185 Å². The van der Waals surface area contributed by atoms with Crippen molar-refractivity contribution in [1.29, 1.82) is 0 Å². The van der Waals surface area contributed by atoms with E-state index in [1.165, 1.54) is 11.8 Å². The van der Waals surface area contributed by atoms with E-state index in [0.717, 1.165) is 9.58 Å². The van der Waals surface area contributed by atoms with E-state index < -0.39 is 47.0 Å². The molecule has 1 amide bonds. The fraction of sp³-hybridized carbons (Fsp3) is 0.545. The molecule has 1 aromatic carbocycles. The van der Waals surface area contributed by atoms with E-state index in [-0.39, 0.29) is 18.7 Å². The molecule has 4 aliphatic carbocycles. The lowest BCUT2D eigenvalue weighted by Crippen LogP contribution is -2.56. The fourth-order valence-electron chi connectivity index (χ4n) is 5.14. The number of nitrogens with zero attached hydrogens (tertiary/aromatic N) is 2. The molecule has 6 rings (SSSR count). The summed E-state index contributed by atoms with van der Waals surface area (Å²) in [6.07, 6.45) is -3.34. The SMILES string of the molecule is CSc1cccc(NC(=O)c2c(C(F)(F)F)c(C34CC(C3)C4)nn2C[C@@H]2C[C@H]2C(F)F)c1. The zero-order chi connectivity index (χ0) is 22.8. The Morgan fingerprint density at radius 2 is 2.03 bits per heavy atom. The van der Waals surface area contributed by atoms with Crippen LogP contribution < -0.4 is 5.32 Å². The van der Waals surface area contributed by atoms with Gasteiger partial charge in [-0.25, -0.2) is 8.78 Å². The van der Waals surface area contributed by atoms with E-state index >= 15 is 0 Å².